The highest BCUT2D eigenvalue weighted by Crippen LogP contribution is 2.39. The molecule has 0 bridgehead atoms. The van der Waals surface area contributed by atoms with Gasteiger partial charge in [-0.1, -0.05) is 24.6 Å². The van der Waals surface area contributed by atoms with E-state index in [1.165, 1.54) is 29.5 Å². The number of alkyl halides is 2. The molecule has 4 rings (SSSR count). The Labute approximate surface area is 149 Å². The van der Waals surface area contributed by atoms with Crippen molar-refractivity contribution in [3.63, 3.8) is 0 Å². The van der Waals surface area contributed by atoms with Crippen molar-refractivity contribution in [2.75, 3.05) is 13.1 Å². The predicted molar refractivity (Wildman–Crippen MR) is 94.8 cm³/mol. The van der Waals surface area contributed by atoms with Crippen molar-refractivity contribution in [3.05, 3.63) is 34.9 Å². The molecule has 1 saturated heterocycles. The summed E-state index contributed by atoms with van der Waals surface area (Å²) in [5, 5.41) is 10.2. The Balaban J connectivity index is 1.41. The summed E-state index contributed by atoms with van der Waals surface area (Å²) >= 11 is 0. The number of hydrogen-bond acceptors (Lipinski definition) is 2. The van der Waals surface area contributed by atoms with Crippen LogP contribution in [-0.2, 0) is 19.4 Å². The number of likely N-dealkylation sites (tertiary alicyclic amines) is 1. The van der Waals surface area contributed by atoms with Crippen LogP contribution in [0.2, 0.25) is 0 Å². The molecule has 4 heteroatoms. The molecule has 0 spiro atoms. The van der Waals surface area contributed by atoms with Gasteiger partial charge in [-0.15, -0.1) is 0 Å². The third-order valence-electron chi connectivity index (χ3n) is 6.67. The quantitative estimate of drug-likeness (QED) is 0.885. The van der Waals surface area contributed by atoms with Crippen molar-refractivity contribution in [2.45, 2.75) is 69.9 Å². The number of nitrogens with zero attached hydrogens (tertiary/aromatic N) is 1. The van der Waals surface area contributed by atoms with E-state index in [-0.39, 0.29) is 18.9 Å². The van der Waals surface area contributed by atoms with Crippen molar-refractivity contribution in [2.24, 2.45) is 11.8 Å². The Kier molecular flexibility index (Phi) is 4.85. The number of piperidine rings is 1. The van der Waals surface area contributed by atoms with E-state index in [0.717, 1.165) is 32.2 Å². The second-order valence-electron chi connectivity index (χ2n) is 8.40. The zero-order chi connectivity index (χ0) is 17.4. The molecule has 1 aliphatic heterocycles. The highest BCUT2D eigenvalue weighted by atomic mass is 19.3. The number of aryl methyl sites for hydroxylation is 1. The monoisotopic (exact) mass is 349 g/mol. The molecule has 1 heterocycles. The number of hydrogen-bond donors (Lipinski definition) is 1. The topological polar surface area (TPSA) is 23.5 Å². The maximum atomic E-state index is 13.3. The van der Waals surface area contributed by atoms with Crippen LogP contribution >= 0.6 is 0 Å². The van der Waals surface area contributed by atoms with Gasteiger partial charge in [0.05, 0.1) is 6.10 Å². The van der Waals surface area contributed by atoms with Gasteiger partial charge in [-0.05, 0) is 60.6 Å². The lowest BCUT2D eigenvalue weighted by Gasteiger charge is -2.33. The molecule has 1 aromatic carbocycles. The van der Waals surface area contributed by atoms with Gasteiger partial charge in [0.2, 0.25) is 0 Å². The largest absolute Gasteiger partial charge is 0.393 e. The van der Waals surface area contributed by atoms with Crippen molar-refractivity contribution in [1.82, 2.24) is 4.90 Å². The molecule has 3 aliphatic rings. The summed E-state index contributed by atoms with van der Waals surface area (Å²) in [5.74, 6) is -1.39. The van der Waals surface area contributed by atoms with E-state index >= 15 is 0 Å². The summed E-state index contributed by atoms with van der Waals surface area (Å²) < 4.78 is 26.6. The van der Waals surface area contributed by atoms with E-state index in [0.29, 0.717) is 24.9 Å². The number of aliphatic hydroxyl groups is 1. The van der Waals surface area contributed by atoms with E-state index in [9.17, 15) is 13.9 Å². The first-order valence-electron chi connectivity index (χ1n) is 9.89. The average Bonchev–Trinajstić information content (AvgIpc) is 3.02. The van der Waals surface area contributed by atoms with Crippen molar-refractivity contribution < 1.29 is 13.9 Å². The summed E-state index contributed by atoms with van der Waals surface area (Å²) in [6, 6.07) is 6.72. The van der Waals surface area contributed by atoms with Crippen LogP contribution in [0.15, 0.2) is 18.2 Å². The standard InChI is InChI=1S/C21H29F2NO/c22-21(23)8-10-24(11-9-21)14-15-4-5-16-6-7-17(13-18(16)12-15)19-2-1-3-20(19)25/h4-5,12,17,19-20,25H,1-3,6-11,13-14H2/t17?,19-,20-/m0/s1. The van der Waals surface area contributed by atoms with E-state index < -0.39 is 5.92 Å². The Bertz CT molecular complexity index is 608. The fourth-order valence-electron chi connectivity index (χ4n) is 5.12. The van der Waals surface area contributed by atoms with E-state index in [1.807, 2.05) is 0 Å². The maximum Gasteiger partial charge on any atom is 0.250 e. The molecule has 1 unspecified atom stereocenters. The molecule has 1 aromatic rings. The van der Waals surface area contributed by atoms with Crippen LogP contribution < -0.4 is 0 Å². The second-order valence-corrected chi connectivity index (χ2v) is 8.40. The summed E-state index contributed by atoms with van der Waals surface area (Å²) in [4.78, 5) is 2.15. The third kappa shape index (κ3) is 3.90. The van der Waals surface area contributed by atoms with Crippen molar-refractivity contribution in [1.29, 1.82) is 0 Å². The van der Waals surface area contributed by atoms with Crippen LogP contribution in [-0.4, -0.2) is 35.1 Å². The molecular weight excluding hydrogens is 320 g/mol. The lowest BCUT2D eigenvalue weighted by molar-refractivity contribution is -0.0566. The molecular formula is C21H29F2NO. The van der Waals surface area contributed by atoms with Gasteiger partial charge in [0, 0.05) is 32.5 Å². The molecule has 25 heavy (non-hydrogen) atoms. The minimum atomic E-state index is -2.47. The number of rotatable bonds is 3. The maximum absolute atomic E-state index is 13.3. The normalized spacial score (nSPS) is 32.5. The molecule has 0 aromatic heterocycles. The van der Waals surface area contributed by atoms with Gasteiger partial charge in [0.15, 0.2) is 0 Å². The summed E-state index contributed by atoms with van der Waals surface area (Å²) in [6.45, 7) is 1.75. The zero-order valence-corrected chi connectivity index (χ0v) is 14.9. The molecule has 0 amide bonds. The minimum Gasteiger partial charge on any atom is -0.393 e. The van der Waals surface area contributed by atoms with Crippen LogP contribution in [0, 0.1) is 11.8 Å². The van der Waals surface area contributed by atoms with Crippen LogP contribution in [0.4, 0.5) is 8.78 Å². The number of benzene rings is 1. The van der Waals surface area contributed by atoms with E-state index in [2.05, 4.69) is 23.1 Å². The lowest BCUT2D eigenvalue weighted by atomic mass is 9.75. The number of halogens is 2. The van der Waals surface area contributed by atoms with Crippen molar-refractivity contribution in [3.8, 4) is 0 Å². The second kappa shape index (κ2) is 6.96. The van der Waals surface area contributed by atoms with Crippen LogP contribution in [0.25, 0.3) is 0 Å². The first-order valence-corrected chi connectivity index (χ1v) is 9.89. The fourth-order valence-corrected chi connectivity index (χ4v) is 5.12. The summed E-state index contributed by atoms with van der Waals surface area (Å²) in [6.07, 6.45) is 6.53. The number of fused-ring (bicyclic) bond motifs is 1. The summed E-state index contributed by atoms with van der Waals surface area (Å²) in [5.41, 5.74) is 4.12. The van der Waals surface area contributed by atoms with Crippen molar-refractivity contribution >= 4 is 0 Å². The lowest BCUT2D eigenvalue weighted by Crippen LogP contribution is -2.38. The van der Waals surface area contributed by atoms with Gasteiger partial charge in [-0.25, -0.2) is 8.78 Å². The SMILES string of the molecule is O[C@H]1CCC[C@H]1C1CCc2ccc(CN3CCC(F)(F)CC3)cc2C1. The highest BCUT2D eigenvalue weighted by Gasteiger charge is 2.35. The van der Waals surface area contributed by atoms with Gasteiger partial charge < -0.3 is 5.11 Å². The molecule has 1 N–H and O–H groups in total. The van der Waals surface area contributed by atoms with Gasteiger partial charge in [0.25, 0.3) is 5.92 Å². The Morgan fingerprint density at radius 1 is 1.08 bits per heavy atom. The Morgan fingerprint density at radius 2 is 1.88 bits per heavy atom. The first kappa shape index (κ1) is 17.4. The van der Waals surface area contributed by atoms with Crippen LogP contribution in [0.1, 0.15) is 55.2 Å². The fraction of sp³-hybridized carbons (Fsp3) is 0.714. The van der Waals surface area contributed by atoms with Gasteiger partial charge >= 0.3 is 0 Å². The van der Waals surface area contributed by atoms with E-state index in [4.69, 9.17) is 0 Å². The molecule has 2 fully saturated rings. The minimum absolute atomic E-state index is 0.0143. The zero-order valence-electron chi connectivity index (χ0n) is 14.9. The number of aliphatic hydroxyl groups excluding tert-OH is 1. The highest BCUT2D eigenvalue weighted by molar-refractivity contribution is 5.34. The molecule has 138 valence electrons. The predicted octanol–water partition coefficient (Wildman–Crippen LogP) is 4.18. The molecule has 2 aliphatic carbocycles. The van der Waals surface area contributed by atoms with E-state index in [1.54, 1.807) is 0 Å². The smallest absolute Gasteiger partial charge is 0.250 e. The average molecular weight is 349 g/mol. The Morgan fingerprint density at radius 3 is 2.60 bits per heavy atom. The third-order valence-corrected chi connectivity index (χ3v) is 6.67. The molecule has 1 saturated carbocycles. The van der Waals surface area contributed by atoms with Gasteiger partial charge in [-0.3, -0.25) is 4.90 Å². The molecule has 3 atom stereocenters. The molecule has 2 nitrogen and oxygen atoms in total. The van der Waals surface area contributed by atoms with Crippen LogP contribution in [0.3, 0.4) is 0 Å². The molecule has 0 radical (unpaired) electrons. The Hall–Kier alpha value is -1.00. The summed E-state index contributed by atoms with van der Waals surface area (Å²) in [7, 11) is 0. The first-order chi connectivity index (χ1) is 12.0. The van der Waals surface area contributed by atoms with Crippen LogP contribution in [0.5, 0.6) is 0 Å². The van der Waals surface area contributed by atoms with Gasteiger partial charge in [-0.2, -0.15) is 0 Å². The van der Waals surface area contributed by atoms with Gasteiger partial charge in [0.1, 0.15) is 0 Å².